The van der Waals surface area contributed by atoms with Crippen molar-refractivity contribution in [3.63, 3.8) is 0 Å². The van der Waals surface area contributed by atoms with Crippen LogP contribution in [0, 0.1) is 17.7 Å². The second-order valence-corrected chi connectivity index (χ2v) is 10.9. The van der Waals surface area contributed by atoms with Crippen LogP contribution in [-0.2, 0) is 10.0 Å². The topological polar surface area (TPSA) is 91.4 Å². The zero-order valence-electron chi connectivity index (χ0n) is 17.1. The van der Waals surface area contributed by atoms with E-state index in [0.717, 1.165) is 6.42 Å². The fourth-order valence-electron chi connectivity index (χ4n) is 3.88. The van der Waals surface area contributed by atoms with Crippen LogP contribution in [0.25, 0.3) is 10.2 Å². The van der Waals surface area contributed by atoms with Gasteiger partial charge >= 0.3 is 0 Å². The molecule has 164 valence electrons. The lowest BCUT2D eigenvalue weighted by molar-refractivity contribution is 0.0962. The maximum Gasteiger partial charge on any atom is 0.269 e. The van der Waals surface area contributed by atoms with Crippen LogP contribution in [0.4, 0.5) is 9.52 Å². The summed E-state index contributed by atoms with van der Waals surface area (Å²) in [4.78, 5) is 16.7. The molecule has 1 amide bonds. The molecule has 0 aliphatic carbocycles. The molecule has 3 aromatic rings. The van der Waals surface area contributed by atoms with Crippen molar-refractivity contribution in [1.29, 1.82) is 0 Å². The third-order valence-electron chi connectivity index (χ3n) is 5.24. The highest BCUT2D eigenvalue weighted by Crippen LogP contribution is 2.28. The van der Waals surface area contributed by atoms with E-state index >= 15 is 0 Å². The first-order valence-electron chi connectivity index (χ1n) is 9.95. The summed E-state index contributed by atoms with van der Waals surface area (Å²) < 4.78 is 41.9. The minimum absolute atomic E-state index is 0.167. The zero-order valence-corrected chi connectivity index (χ0v) is 18.8. The van der Waals surface area contributed by atoms with Crippen LogP contribution in [0.1, 0.15) is 30.6 Å². The molecule has 1 aliphatic heterocycles. The average molecular weight is 463 g/mol. The highest BCUT2D eigenvalue weighted by Gasteiger charge is 2.31. The number of piperidine rings is 1. The van der Waals surface area contributed by atoms with E-state index in [0.29, 0.717) is 40.3 Å². The Bertz CT molecular complexity index is 1200. The number of hydrogen-bond donors (Lipinski definition) is 2. The molecule has 0 unspecified atom stereocenters. The zero-order chi connectivity index (χ0) is 22.2. The van der Waals surface area contributed by atoms with Gasteiger partial charge in [-0.15, -0.1) is 0 Å². The Balaban J connectivity index is 1.43. The first kappa shape index (κ1) is 21.7. The molecule has 2 heterocycles. The number of sulfonamides is 1. The minimum Gasteiger partial charge on any atom is -0.273 e. The minimum atomic E-state index is -3.60. The number of aromatic nitrogens is 1. The number of carbonyl (C=O) groups is 1. The Labute approximate surface area is 184 Å². The largest absolute Gasteiger partial charge is 0.273 e. The normalized spacial score (nSPS) is 20.0. The molecule has 0 saturated carbocycles. The van der Waals surface area contributed by atoms with Gasteiger partial charge in [-0.2, -0.15) is 4.31 Å². The van der Waals surface area contributed by atoms with E-state index in [2.05, 4.69) is 29.7 Å². The molecule has 2 aromatic carbocycles. The molecule has 0 bridgehead atoms. The molecule has 1 aromatic heterocycles. The van der Waals surface area contributed by atoms with Gasteiger partial charge < -0.3 is 0 Å². The first-order chi connectivity index (χ1) is 14.7. The lowest BCUT2D eigenvalue weighted by Gasteiger charge is -2.34. The predicted octanol–water partition coefficient (Wildman–Crippen LogP) is 3.86. The number of para-hydroxylation sites is 1. The lowest BCUT2D eigenvalue weighted by Crippen LogP contribution is -2.42. The van der Waals surface area contributed by atoms with E-state index in [1.54, 1.807) is 12.1 Å². The predicted molar refractivity (Wildman–Crippen MR) is 119 cm³/mol. The summed E-state index contributed by atoms with van der Waals surface area (Å²) in [5.74, 6) is -0.261. The summed E-state index contributed by atoms with van der Waals surface area (Å²) in [6, 6.07) is 10.5. The fraction of sp³-hybridized carbons (Fsp3) is 0.333. The van der Waals surface area contributed by atoms with Gasteiger partial charge in [-0.1, -0.05) is 31.3 Å². The van der Waals surface area contributed by atoms with E-state index in [4.69, 9.17) is 0 Å². The summed E-state index contributed by atoms with van der Waals surface area (Å²) in [5, 5.41) is 0.348. The molecule has 1 fully saturated rings. The number of anilines is 1. The van der Waals surface area contributed by atoms with Crippen LogP contribution >= 0.6 is 11.3 Å². The number of rotatable bonds is 5. The quantitative estimate of drug-likeness (QED) is 0.562. The summed E-state index contributed by atoms with van der Waals surface area (Å²) in [6.07, 6.45) is 1.01. The van der Waals surface area contributed by atoms with Crippen LogP contribution in [0.15, 0.2) is 47.4 Å². The summed E-state index contributed by atoms with van der Waals surface area (Å²) in [7, 11) is -3.60. The highest BCUT2D eigenvalue weighted by atomic mass is 32.2. The number of carbonyl (C=O) groups excluding carboxylic acids is 1. The molecule has 10 heteroatoms. The van der Waals surface area contributed by atoms with Crippen molar-refractivity contribution < 1.29 is 17.6 Å². The second kappa shape index (κ2) is 8.52. The Morgan fingerprint density at radius 2 is 1.81 bits per heavy atom. The van der Waals surface area contributed by atoms with E-state index in [9.17, 15) is 17.6 Å². The number of nitrogens with one attached hydrogen (secondary N) is 2. The number of benzene rings is 2. The van der Waals surface area contributed by atoms with Crippen molar-refractivity contribution in [2.24, 2.45) is 11.8 Å². The van der Waals surface area contributed by atoms with E-state index in [1.807, 2.05) is 0 Å². The number of amides is 1. The smallest absolute Gasteiger partial charge is 0.269 e. The molecule has 7 nitrogen and oxygen atoms in total. The number of hydrazine groups is 1. The van der Waals surface area contributed by atoms with Crippen molar-refractivity contribution in [2.45, 2.75) is 25.2 Å². The van der Waals surface area contributed by atoms with E-state index in [-0.39, 0.29) is 10.4 Å². The number of hydrogen-bond acceptors (Lipinski definition) is 6. The Morgan fingerprint density at radius 1 is 1.13 bits per heavy atom. The molecule has 4 rings (SSSR count). The third kappa shape index (κ3) is 4.56. The number of halogens is 1. The van der Waals surface area contributed by atoms with E-state index in [1.165, 1.54) is 46.0 Å². The van der Waals surface area contributed by atoms with Crippen molar-refractivity contribution in [3.05, 3.63) is 53.8 Å². The van der Waals surface area contributed by atoms with Gasteiger partial charge in [0, 0.05) is 18.7 Å². The number of fused-ring (bicyclic) bond motifs is 1. The fourth-order valence-corrected chi connectivity index (χ4v) is 6.39. The monoisotopic (exact) mass is 462 g/mol. The molecule has 1 aliphatic rings. The van der Waals surface area contributed by atoms with E-state index < -0.39 is 21.7 Å². The van der Waals surface area contributed by atoms with Gasteiger partial charge in [0.25, 0.3) is 5.91 Å². The third-order valence-corrected chi connectivity index (χ3v) is 8.02. The van der Waals surface area contributed by atoms with Crippen molar-refractivity contribution in [1.82, 2.24) is 14.7 Å². The molecule has 2 atom stereocenters. The van der Waals surface area contributed by atoms with Gasteiger partial charge in [0.05, 0.1) is 9.60 Å². The van der Waals surface area contributed by atoms with Gasteiger partial charge in [0.1, 0.15) is 11.3 Å². The van der Waals surface area contributed by atoms with Gasteiger partial charge in [-0.3, -0.25) is 15.6 Å². The highest BCUT2D eigenvalue weighted by molar-refractivity contribution is 7.89. The Morgan fingerprint density at radius 3 is 2.45 bits per heavy atom. The SMILES string of the molecule is C[C@@H]1C[C@@H](C)CN(S(=O)(=O)c2ccc(C(=O)NNc3nc4c(F)cccc4s3)cc2)C1. The van der Waals surface area contributed by atoms with Crippen molar-refractivity contribution in [3.8, 4) is 0 Å². The molecule has 2 N–H and O–H groups in total. The molecule has 1 saturated heterocycles. The summed E-state index contributed by atoms with van der Waals surface area (Å²) >= 11 is 1.21. The van der Waals surface area contributed by atoms with Crippen LogP contribution in [0.5, 0.6) is 0 Å². The van der Waals surface area contributed by atoms with Crippen LogP contribution < -0.4 is 10.9 Å². The van der Waals surface area contributed by atoms with Crippen LogP contribution in [-0.4, -0.2) is 36.7 Å². The van der Waals surface area contributed by atoms with Gasteiger partial charge in [0.15, 0.2) is 0 Å². The Hall–Kier alpha value is -2.56. The van der Waals surface area contributed by atoms with Gasteiger partial charge in [0.2, 0.25) is 15.2 Å². The number of nitrogens with zero attached hydrogens (tertiary/aromatic N) is 2. The molecule has 0 spiro atoms. The molecular weight excluding hydrogens is 439 g/mol. The maximum atomic E-state index is 13.8. The van der Waals surface area contributed by atoms with Crippen LogP contribution in [0.3, 0.4) is 0 Å². The molecule has 0 radical (unpaired) electrons. The first-order valence-corrected chi connectivity index (χ1v) is 12.2. The standard InChI is InChI=1S/C21H23FN4O3S2/c1-13-10-14(2)12-26(11-13)31(28,29)16-8-6-15(7-9-16)20(27)24-25-21-23-19-17(22)4-3-5-18(19)30-21/h3-9,13-14H,10-12H2,1-2H3,(H,23,25)(H,24,27)/t13-,14-/m1/s1. The van der Waals surface area contributed by atoms with Crippen molar-refractivity contribution >= 4 is 42.6 Å². The lowest BCUT2D eigenvalue weighted by atomic mass is 9.94. The van der Waals surface area contributed by atoms with Crippen LogP contribution in [0.2, 0.25) is 0 Å². The average Bonchev–Trinajstić information content (AvgIpc) is 3.16. The number of thiazole rings is 1. The maximum absolute atomic E-state index is 13.8. The molecule has 31 heavy (non-hydrogen) atoms. The second-order valence-electron chi connectivity index (χ2n) is 7.98. The molecular formula is C21H23FN4O3S2. The van der Waals surface area contributed by atoms with Gasteiger partial charge in [-0.25, -0.2) is 17.8 Å². The van der Waals surface area contributed by atoms with Crippen molar-refractivity contribution in [2.75, 3.05) is 18.5 Å². The Kier molecular flexibility index (Phi) is 5.96. The summed E-state index contributed by atoms with van der Waals surface area (Å²) in [6.45, 7) is 5.11. The van der Waals surface area contributed by atoms with Gasteiger partial charge in [-0.05, 0) is 54.7 Å². The summed E-state index contributed by atoms with van der Waals surface area (Å²) in [5.41, 5.74) is 5.71.